The Hall–Kier alpha value is -2.55. The maximum Gasteiger partial charge on any atom is 0.0734 e. The summed E-state index contributed by atoms with van der Waals surface area (Å²) in [5.74, 6) is 0. The van der Waals surface area contributed by atoms with Crippen LogP contribution in [0.5, 0.6) is 0 Å². The van der Waals surface area contributed by atoms with E-state index in [-0.39, 0.29) is 5.41 Å². The Morgan fingerprint density at radius 2 is 1.10 bits per heavy atom. The summed E-state index contributed by atoms with van der Waals surface area (Å²) in [6.07, 6.45) is 4.53. The van der Waals surface area contributed by atoms with Crippen molar-refractivity contribution < 1.29 is 0 Å². The Balaban J connectivity index is 1.87. The normalized spacial score (nSPS) is 15.1. The molecule has 0 radical (unpaired) electrons. The quantitative estimate of drug-likeness (QED) is 0.226. The molecule has 1 heterocycles. The fourth-order valence-corrected chi connectivity index (χ4v) is 6.47. The molecule has 1 aliphatic heterocycles. The third-order valence-corrected chi connectivity index (χ3v) is 7.67. The minimum absolute atomic E-state index is 0.339. The van der Waals surface area contributed by atoms with Crippen molar-refractivity contribution in [1.29, 1.82) is 0 Å². The topological polar surface area (TPSA) is 0 Å². The van der Waals surface area contributed by atoms with E-state index in [4.69, 9.17) is 0 Å². The molecule has 0 aromatic heterocycles. The van der Waals surface area contributed by atoms with Gasteiger partial charge < -0.3 is 0 Å². The van der Waals surface area contributed by atoms with E-state index in [2.05, 4.69) is 119 Å². The van der Waals surface area contributed by atoms with Gasteiger partial charge in [-0.1, -0.05) is 107 Å². The summed E-state index contributed by atoms with van der Waals surface area (Å²) in [7, 11) is 0. The van der Waals surface area contributed by atoms with Crippen molar-refractivity contribution in [2.24, 2.45) is 0 Å². The number of hydrogen-bond donors (Lipinski definition) is 0. The van der Waals surface area contributed by atoms with Gasteiger partial charge in [0, 0.05) is 14.3 Å². The van der Waals surface area contributed by atoms with Crippen LogP contribution in [-0.4, -0.2) is 0 Å². The van der Waals surface area contributed by atoms with Crippen LogP contribution in [0.1, 0.15) is 33.4 Å². The summed E-state index contributed by atoms with van der Waals surface area (Å²) in [5.41, 5.74) is 7.60. The van der Waals surface area contributed by atoms with Crippen LogP contribution in [0, 0.1) is 0 Å². The fourth-order valence-electron chi connectivity index (χ4n) is 4.90. The molecule has 6 rings (SSSR count). The molecule has 2 aliphatic rings. The molecule has 0 fully saturated rings. The van der Waals surface area contributed by atoms with Gasteiger partial charge >= 0.3 is 0 Å². The number of fused-ring (bicyclic) bond motifs is 8. The summed E-state index contributed by atoms with van der Waals surface area (Å²) in [6, 6.07) is 33.4. The third-order valence-electron chi connectivity index (χ3n) is 6.03. The lowest BCUT2D eigenvalue weighted by Gasteiger charge is -2.42. The summed E-state index contributed by atoms with van der Waals surface area (Å²) < 4.78 is 1.11. The lowest BCUT2D eigenvalue weighted by atomic mass is 9.63. The molecule has 0 unspecified atom stereocenters. The predicted molar refractivity (Wildman–Crippen MR) is 126 cm³/mol. The molecule has 29 heavy (non-hydrogen) atoms. The molecule has 2 heteroatoms. The smallest absolute Gasteiger partial charge is 0.0734 e. The second-order valence-corrected chi connectivity index (χ2v) is 9.50. The maximum atomic E-state index is 3.69. The molecule has 138 valence electrons. The molecule has 0 saturated heterocycles. The second-order valence-electron chi connectivity index (χ2n) is 7.50. The van der Waals surface area contributed by atoms with E-state index < -0.39 is 0 Å². The standard InChI is InChI=1S/C27H17BrS/c28-20-15-16-22-19(17-20)14-13-18-7-1-2-8-21(18)27(22)23-9-3-5-11-25(23)29-26-12-6-4-10-24(26)27/h1-17H. The zero-order chi connectivity index (χ0) is 19.4. The lowest BCUT2D eigenvalue weighted by Crippen LogP contribution is -2.35. The fraction of sp³-hybridized carbons (Fsp3) is 0.0370. The molecular weight excluding hydrogens is 436 g/mol. The average Bonchev–Trinajstić information content (AvgIpc) is 2.90. The first-order valence-electron chi connectivity index (χ1n) is 9.73. The van der Waals surface area contributed by atoms with Gasteiger partial charge in [-0.3, -0.25) is 0 Å². The Kier molecular flexibility index (Phi) is 3.87. The molecule has 0 N–H and O–H groups in total. The Labute approximate surface area is 183 Å². The zero-order valence-electron chi connectivity index (χ0n) is 15.6. The van der Waals surface area contributed by atoms with Crippen LogP contribution in [0.2, 0.25) is 0 Å². The van der Waals surface area contributed by atoms with Crippen molar-refractivity contribution in [3.63, 3.8) is 0 Å². The first kappa shape index (κ1) is 17.3. The summed E-state index contributed by atoms with van der Waals surface area (Å²) in [6.45, 7) is 0. The van der Waals surface area contributed by atoms with Crippen molar-refractivity contribution >= 4 is 39.8 Å². The highest BCUT2D eigenvalue weighted by Gasteiger charge is 2.46. The van der Waals surface area contributed by atoms with Gasteiger partial charge in [0.15, 0.2) is 0 Å². The lowest BCUT2D eigenvalue weighted by molar-refractivity contribution is 0.701. The van der Waals surface area contributed by atoms with Crippen LogP contribution in [0.25, 0.3) is 12.2 Å². The van der Waals surface area contributed by atoms with Crippen molar-refractivity contribution in [3.8, 4) is 0 Å². The largest absolute Gasteiger partial charge is 0.0894 e. The summed E-state index contributed by atoms with van der Waals surface area (Å²) >= 11 is 5.57. The van der Waals surface area contributed by atoms with Crippen LogP contribution < -0.4 is 0 Å². The van der Waals surface area contributed by atoms with E-state index in [1.54, 1.807) is 0 Å². The zero-order valence-corrected chi connectivity index (χ0v) is 18.0. The van der Waals surface area contributed by atoms with Crippen LogP contribution in [-0.2, 0) is 5.41 Å². The number of hydrogen-bond acceptors (Lipinski definition) is 1. The molecule has 1 aliphatic carbocycles. The molecule has 0 nitrogen and oxygen atoms in total. The molecular formula is C27H17BrS. The molecule has 4 aromatic rings. The van der Waals surface area contributed by atoms with Gasteiger partial charge in [-0.2, -0.15) is 0 Å². The van der Waals surface area contributed by atoms with Crippen LogP contribution in [0.3, 0.4) is 0 Å². The SMILES string of the molecule is Brc1ccc2c(c1)C=Cc1ccccc1C21c2ccccc2Sc2ccccc21. The average molecular weight is 453 g/mol. The highest BCUT2D eigenvalue weighted by atomic mass is 79.9. The maximum absolute atomic E-state index is 3.69. The highest BCUT2D eigenvalue weighted by Crippen LogP contribution is 2.57. The van der Waals surface area contributed by atoms with Crippen LogP contribution in [0.15, 0.2) is 105 Å². The highest BCUT2D eigenvalue weighted by molar-refractivity contribution is 9.10. The monoisotopic (exact) mass is 452 g/mol. The number of rotatable bonds is 0. The number of halogens is 1. The van der Waals surface area contributed by atoms with Gasteiger partial charge in [-0.05, 0) is 57.6 Å². The molecule has 0 amide bonds. The van der Waals surface area contributed by atoms with Gasteiger partial charge in [0.1, 0.15) is 0 Å². The van der Waals surface area contributed by atoms with Gasteiger partial charge in [-0.15, -0.1) is 0 Å². The first-order valence-corrected chi connectivity index (χ1v) is 11.3. The predicted octanol–water partition coefficient (Wildman–Crippen LogP) is 7.78. The molecule has 0 atom stereocenters. The van der Waals surface area contributed by atoms with Crippen LogP contribution in [0.4, 0.5) is 0 Å². The molecule has 0 bridgehead atoms. The number of benzene rings is 4. The Morgan fingerprint density at radius 1 is 0.552 bits per heavy atom. The van der Waals surface area contributed by atoms with Crippen molar-refractivity contribution in [1.82, 2.24) is 0 Å². The second kappa shape index (κ2) is 6.48. The van der Waals surface area contributed by atoms with Gasteiger partial charge in [0.05, 0.1) is 5.41 Å². The van der Waals surface area contributed by atoms with Crippen molar-refractivity contribution in [2.75, 3.05) is 0 Å². The Morgan fingerprint density at radius 3 is 1.83 bits per heavy atom. The summed E-state index contributed by atoms with van der Waals surface area (Å²) in [4.78, 5) is 2.66. The van der Waals surface area contributed by atoms with E-state index in [0.717, 1.165) is 4.47 Å². The van der Waals surface area contributed by atoms with E-state index in [9.17, 15) is 0 Å². The minimum atomic E-state index is -0.339. The van der Waals surface area contributed by atoms with E-state index in [1.807, 2.05) is 11.8 Å². The molecule has 4 aromatic carbocycles. The minimum Gasteiger partial charge on any atom is -0.0894 e. The van der Waals surface area contributed by atoms with Gasteiger partial charge in [0.25, 0.3) is 0 Å². The molecule has 0 saturated carbocycles. The van der Waals surface area contributed by atoms with Gasteiger partial charge in [0.2, 0.25) is 0 Å². The third kappa shape index (κ3) is 2.39. The summed E-state index contributed by atoms with van der Waals surface area (Å²) in [5, 5.41) is 0. The van der Waals surface area contributed by atoms with E-state index >= 15 is 0 Å². The van der Waals surface area contributed by atoms with Crippen molar-refractivity contribution in [2.45, 2.75) is 15.2 Å². The van der Waals surface area contributed by atoms with Gasteiger partial charge in [-0.25, -0.2) is 0 Å². The van der Waals surface area contributed by atoms with Crippen molar-refractivity contribution in [3.05, 3.63) is 129 Å². The van der Waals surface area contributed by atoms with E-state index in [1.165, 1.54) is 43.2 Å². The molecule has 1 spiro atoms. The Bertz CT molecular complexity index is 1260. The first-order chi connectivity index (χ1) is 14.3. The van der Waals surface area contributed by atoms with Crippen LogP contribution >= 0.6 is 27.7 Å². The van der Waals surface area contributed by atoms with E-state index in [0.29, 0.717) is 0 Å².